The number of benzene rings is 1. The van der Waals surface area contributed by atoms with E-state index in [1.807, 2.05) is 24.3 Å². The number of ketones is 1. The molecule has 1 aromatic rings. The van der Waals surface area contributed by atoms with Crippen LogP contribution in [0.25, 0.3) is 0 Å². The predicted octanol–water partition coefficient (Wildman–Crippen LogP) is 1.61. The van der Waals surface area contributed by atoms with Gasteiger partial charge in [-0.1, -0.05) is 24.3 Å². The van der Waals surface area contributed by atoms with Gasteiger partial charge in [-0.2, -0.15) is 0 Å². The summed E-state index contributed by atoms with van der Waals surface area (Å²) in [6.07, 6.45) is 1.38. The number of carbonyl (C=O) groups is 3. The number of Topliss-reactive ketones (excluding diaryl/α,β-unsaturated/α-hetero) is 1. The number of aryl methyl sites for hydroxylation is 1. The second kappa shape index (κ2) is 6.08. The summed E-state index contributed by atoms with van der Waals surface area (Å²) in [5, 5.41) is 0. The Balaban J connectivity index is 2.25. The van der Waals surface area contributed by atoms with Gasteiger partial charge in [0.1, 0.15) is 0 Å². The fourth-order valence-corrected chi connectivity index (χ4v) is 2.66. The maximum Gasteiger partial charge on any atom is 0.303 e. The summed E-state index contributed by atoms with van der Waals surface area (Å²) in [6.45, 7) is 2.15. The lowest BCUT2D eigenvalue weighted by molar-refractivity contribution is -0.170. The third-order valence-electron chi connectivity index (χ3n) is 3.65. The van der Waals surface area contributed by atoms with Crippen molar-refractivity contribution >= 4 is 17.7 Å². The van der Waals surface area contributed by atoms with Gasteiger partial charge in [0.15, 0.2) is 12.2 Å². The minimum atomic E-state index is -1.23. The molecular formula is C16H18O5. The molecule has 0 saturated carbocycles. The largest absolute Gasteiger partial charge is 0.458 e. The van der Waals surface area contributed by atoms with Crippen LogP contribution in [0, 0.1) is 0 Å². The lowest BCUT2D eigenvalue weighted by Crippen LogP contribution is -2.49. The highest BCUT2D eigenvalue weighted by Crippen LogP contribution is 2.32. The lowest BCUT2D eigenvalue weighted by atomic mass is 9.78. The highest BCUT2D eigenvalue weighted by atomic mass is 16.6. The first kappa shape index (κ1) is 15.2. The van der Waals surface area contributed by atoms with E-state index < -0.39 is 17.5 Å². The van der Waals surface area contributed by atoms with Crippen LogP contribution in [-0.2, 0) is 36.7 Å². The summed E-state index contributed by atoms with van der Waals surface area (Å²) in [5.41, 5.74) is 0.914. The van der Waals surface area contributed by atoms with Crippen molar-refractivity contribution in [3.8, 4) is 0 Å². The highest BCUT2D eigenvalue weighted by Gasteiger charge is 2.44. The summed E-state index contributed by atoms with van der Waals surface area (Å²) in [6, 6.07) is 7.76. The SMILES string of the molecule is CC(=O)OCC(=O)C1(OC(C)=O)CCc2ccccc2C1. The standard InChI is InChI=1S/C16H18O5/c1-11(17)20-10-15(19)16(21-12(2)18)8-7-13-5-3-4-6-14(13)9-16/h3-6H,7-10H2,1-2H3. The second-order valence-corrected chi connectivity index (χ2v) is 5.24. The number of ether oxygens (including phenoxy) is 2. The van der Waals surface area contributed by atoms with E-state index in [0.717, 1.165) is 11.1 Å². The molecule has 2 rings (SSSR count). The number of fused-ring (bicyclic) bond motifs is 1. The van der Waals surface area contributed by atoms with Crippen LogP contribution in [0.4, 0.5) is 0 Å². The Bertz CT molecular complexity index is 578. The molecule has 0 aliphatic heterocycles. The molecular weight excluding hydrogens is 272 g/mol. The monoisotopic (exact) mass is 290 g/mol. The maximum absolute atomic E-state index is 12.4. The first-order chi connectivity index (χ1) is 9.93. The summed E-state index contributed by atoms with van der Waals surface area (Å²) in [7, 11) is 0. The van der Waals surface area contributed by atoms with Crippen molar-refractivity contribution in [3.63, 3.8) is 0 Å². The van der Waals surface area contributed by atoms with E-state index in [2.05, 4.69) is 0 Å². The van der Waals surface area contributed by atoms with E-state index in [0.29, 0.717) is 19.3 Å². The van der Waals surface area contributed by atoms with E-state index in [9.17, 15) is 14.4 Å². The summed E-state index contributed by atoms with van der Waals surface area (Å²) in [5.74, 6) is -1.41. The average molecular weight is 290 g/mol. The zero-order valence-electron chi connectivity index (χ0n) is 12.2. The normalized spacial score (nSPS) is 20.3. The Hall–Kier alpha value is -2.17. The molecule has 0 bridgehead atoms. The molecule has 1 aromatic carbocycles. The van der Waals surface area contributed by atoms with Crippen molar-refractivity contribution in [2.45, 2.75) is 38.7 Å². The van der Waals surface area contributed by atoms with Crippen molar-refractivity contribution in [2.24, 2.45) is 0 Å². The van der Waals surface area contributed by atoms with Crippen LogP contribution in [-0.4, -0.2) is 29.9 Å². The third kappa shape index (κ3) is 3.48. The van der Waals surface area contributed by atoms with Crippen LogP contribution in [0.5, 0.6) is 0 Å². The molecule has 112 valence electrons. The van der Waals surface area contributed by atoms with Crippen LogP contribution in [0.3, 0.4) is 0 Å². The van der Waals surface area contributed by atoms with Crippen molar-refractivity contribution in [1.82, 2.24) is 0 Å². The number of rotatable bonds is 4. The molecule has 1 aliphatic carbocycles. The lowest BCUT2D eigenvalue weighted by Gasteiger charge is -2.35. The van der Waals surface area contributed by atoms with Crippen molar-refractivity contribution in [3.05, 3.63) is 35.4 Å². The summed E-state index contributed by atoms with van der Waals surface area (Å²) >= 11 is 0. The number of esters is 2. The fraction of sp³-hybridized carbons (Fsp3) is 0.438. The van der Waals surface area contributed by atoms with E-state index in [1.165, 1.54) is 13.8 Å². The number of hydrogen-bond donors (Lipinski definition) is 0. The van der Waals surface area contributed by atoms with Gasteiger partial charge < -0.3 is 9.47 Å². The summed E-state index contributed by atoms with van der Waals surface area (Å²) < 4.78 is 10.1. The van der Waals surface area contributed by atoms with Crippen LogP contribution in [0.15, 0.2) is 24.3 Å². The molecule has 1 aliphatic rings. The van der Waals surface area contributed by atoms with Crippen LogP contribution in [0.1, 0.15) is 31.4 Å². The van der Waals surface area contributed by atoms with E-state index in [1.54, 1.807) is 0 Å². The molecule has 1 unspecified atom stereocenters. The van der Waals surface area contributed by atoms with E-state index >= 15 is 0 Å². The third-order valence-corrected chi connectivity index (χ3v) is 3.65. The van der Waals surface area contributed by atoms with Gasteiger partial charge in [-0.15, -0.1) is 0 Å². The zero-order chi connectivity index (χ0) is 15.5. The van der Waals surface area contributed by atoms with Gasteiger partial charge in [0.05, 0.1) is 0 Å². The molecule has 0 aromatic heterocycles. The van der Waals surface area contributed by atoms with Gasteiger partial charge in [0.2, 0.25) is 5.78 Å². The molecule has 0 radical (unpaired) electrons. The molecule has 21 heavy (non-hydrogen) atoms. The molecule has 0 fully saturated rings. The average Bonchev–Trinajstić information content (AvgIpc) is 2.43. The van der Waals surface area contributed by atoms with Crippen molar-refractivity contribution < 1.29 is 23.9 Å². The molecule has 0 heterocycles. The van der Waals surface area contributed by atoms with E-state index in [-0.39, 0.29) is 12.4 Å². The first-order valence-corrected chi connectivity index (χ1v) is 6.86. The Morgan fingerprint density at radius 1 is 1.10 bits per heavy atom. The molecule has 0 spiro atoms. The van der Waals surface area contributed by atoms with Crippen molar-refractivity contribution in [1.29, 1.82) is 0 Å². The molecule has 5 nitrogen and oxygen atoms in total. The van der Waals surface area contributed by atoms with Gasteiger partial charge in [0.25, 0.3) is 0 Å². The zero-order valence-corrected chi connectivity index (χ0v) is 12.2. The van der Waals surface area contributed by atoms with Crippen LogP contribution in [0.2, 0.25) is 0 Å². The Morgan fingerprint density at radius 3 is 2.38 bits per heavy atom. The quantitative estimate of drug-likeness (QED) is 0.788. The second-order valence-electron chi connectivity index (χ2n) is 5.24. The van der Waals surface area contributed by atoms with E-state index in [4.69, 9.17) is 9.47 Å². The fourth-order valence-electron chi connectivity index (χ4n) is 2.66. The molecule has 0 N–H and O–H groups in total. The van der Waals surface area contributed by atoms with Gasteiger partial charge in [-0.25, -0.2) is 0 Å². The highest BCUT2D eigenvalue weighted by molar-refractivity contribution is 5.92. The molecule has 0 amide bonds. The molecule has 1 atom stereocenters. The smallest absolute Gasteiger partial charge is 0.303 e. The van der Waals surface area contributed by atoms with Gasteiger partial charge >= 0.3 is 11.9 Å². The predicted molar refractivity (Wildman–Crippen MR) is 74.6 cm³/mol. The Kier molecular flexibility index (Phi) is 4.40. The topological polar surface area (TPSA) is 69.7 Å². The van der Waals surface area contributed by atoms with Crippen LogP contribution < -0.4 is 0 Å². The number of hydrogen-bond acceptors (Lipinski definition) is 5. The van der Waals surface area contributed by atoms with Gasteiger partial charge in [0, 0.05) is 20.3 Å². The minimum absolute atomic E-state index is 0.322. The first-order valence-electron chi connectivity index (χ1n) is 6.86. The Labute approximate surface area is 123 Å². The molecule has 0 saturated heterocycles. The minimum Gasteiger partial charge on any atom is -0.458 e. The number of carbonyl (C=O) groups excluding carboxylic acids is 3. The van der Waals surface area contributed by atoms with Crippen LogP contribution >= 0.6 is 0 Å². The molecule has 5 heteroatoms. The Morgan fingerprint density at radius 2 is 1.76 bits per heavy atom. The van der Waals surface area contributed by atoms with Gasteiger partial charge in [-0.05, 0) is 24.0 Å². The van der Waals surface area contributed by atoms with Crippen molar-refractivity contribution in [2.75, 3.05) is 6.61 Å². The summed E-state index contributed by atoms with van der Waals surface area (Å²) in [4.78, 5) is 34.7. The maximum atomic E-state index is 12.4. The van der Waals surface area contributed by atoms with Gasteiger partial charge in [-0.3, -0.25) is 14.4 Å².